The number of hydrazine groups is 1. The predicted octanol–water partition coefficient (Wildman–Crippen LogP) is 2.07. The van der Waals surface area contributed by atoms with Crippen molar-refractivity contribution >= 4 is 5.91 Å². The van der Waals surface area contributed by atoms with Crippen LogP contribution in [0.25, 0.3) is 0 Å². The predicted molar refractivity (Wildman–Crippen MR) is 91.7 cm³/mol. The average Bonchev–Trinajstić information content (AvgIpc) is 2.62. The van der Waals surface area contributed by atoms with Crippen molar-refractivity contribution in [2.45, 2.75) is 31.6 Å². The molecule has 0 spiro atoms. The number of rotatable bonds is 3. The Morgan fingerprint density at radius 1 is 1.24 bits per heavy atom. The minimum Gasteiger partial charge on any atom is -0.485 e. The minimum absolute atomic E-state index is 0.310. The van der Waals surface area contributed by atoms with E-state index in [9.17, 15) is 9.90 Å². The highest BCUT2D eigenvalue weighted by Gasteiger charge is 2.43. The lowest BCUT2D eigenvalue weighted by Gasteiger charge is -2.42. The zero-order valence-electron chi connectivity index (χ0n) is 14.0. The monoisotopic (exact) mass is 337 g/mol. The second kappa shape index (κ2) is 6.55. The molecule has 0 radical (unpaired) electrons. The van der Waals surface area contributed by atoms with E-state index >= 15 is 0 Å². The number of carbonyl (C=O) groups excluding carboxylic acids is 1. The molecule has 6 nitrogen and oxygen atoms in total. The summed E-state index contributed by atoms with van der Waals surface area (Å²) in [6.07, 6.45) is -0.926. The van der Waals surface area contributed by atoms with E-state index in [0.29, 0.717) is 22.4 Å². The maximum atomic E-state index is 12.3. The van der Waals surface area contributed by atoms with Gasteiger partial charge in [0.2, 0.25) is 0 Å². The Hall–Kier alpha value is -2.88. The molecule has 1 amide bonds. The summed E-state index contributed by atoms with van der Waals surface area (Å²) in [5.74, 6) is 0.260. The van der Waals surface area contributed by atoms with Crippen molar-refractivity contribution in [3.05, 3.63) is 65.2 Å². The summed E-state index contributed by atoms with van der Waals surface area (Å²) >= 11 is 0. The normalized spacial score (nSPS) is 20.7. The highest BCUT2D eigenvalue weighted by Crippen LogP contribution is 2.39. The van der Waals surface area contributed by atoms with Gasteiger partial charge in [-0.2, -0.15) is 5.26 Å². The maximum Gasteiger partial charge on any atom is 0.265 e. The molecule has 0 aromatic heterocycles. The molecule has 0 fully saturated rings. The van der Waals surface area contributed by atoms with E-state index in [1.54, 1.807) is 56.3 Å². The molecule has 2 atom stereocenters. The zero-order chi connectivity index (χ0) is 18.0. The molecule has 1 aliphatic heterocycles. The molecule has 25 heavy (non-hydrogen) atoms. The molecule has 1 heterocycles. The standard InChI is InChI=1S/C19H19N3O3/c1-19(2)17(23)16(14-10-12(11-20)8-9-15(14)25-19)21-22-18(24)13-6-4-3-5-7-13/h3-10,16-17,21,23H,1-2H3,(H,22,24). The molecule has 1 aliphatic rings. The van der Waals surface area contributed by atoms with E-state index in [1.807, 2.05) is 6.07 Å². The van der Waals surface area contributed by atoms with Gasteiger partial charge in [-0.3, -0.25) is 10.2 Å². The number of nitrogens with zero attached hydrogens (tertiary/aromatic N) is 1. The highest BCUT2D eigenvalue weighted by molar-refractivity contribution is 5.93. The second-order valence-corrected chi connectivity index (χ2v) is 6.46. The molecule has 0 aliphatic carbocycles. The number of aliphatic hydroxyl groups excluding tert-OH is 1. The van der Waals surface area contributed by atoms with Crippen molar-refractivity contribution in [1.29, 1.82) is 5.26 Å². The summed E-state index contributed by atoms with van der Waals surface area (Å²) in [6.45, 7) is 3.54. The number of benzene rings is 2. The fraction of sp³-hybridized carbons (Fsp3) is 0.263. The van der Waals surface area contributed by atoms with E-state index in [4.69, 9.17) is 10.00 Å². The van der Waals surface area contributed by atoms with Gasteiger partial charge in [-0.25, -0.2) is 5.43 Å². The summed E-state index contributed by atoms with van der Waals surface area (Å²) in [6, 6.07) is 15.2. The Balaban J connectivity index is 1.86. The van der Waals surface area contributed by atoms with Crippen LogP contribution in [0.4, 0.5) is 0 Å². The van der Waals surface area contributed by atoms with Crippen LogP contribution >= 0.6 is 0 Å². The zero-order valence-corrected chi connectivity index (χ0v) is 14.0. The van der Waals surface area contributed by atoms with Crippen LogP contribution < -0.4 is 15.6 Å². The minimum atomic E-state index is -0.926. The van der Waals surface area contributed by atoms with Gasteiger partial charge in [-0.1, -0.05) is 18.2 Å². The smallest absolute Gasteiger partial charge is 0.265 e. The number of carbonyl (C=O) groups is 1. The van der Waals surface area contributed by atoms with Crippen molar-refractivity contribution in [3.8, 4) is 11.8 Å². The van der Waals surface area contributed by atoms with E-state index in [-0.39, 0.29) is 5.91 Å². The van der Waals surface area contributed by atoms with Crippen molar-refractivity contribution < 1.29 is 14.6 Å². The first kappa shape index (κ1) is 17.0. The number of hydrogen-bond donors (Lipinski definition) is 3. The lowest BCUT2D eigenvalue weighted by atomic mass is 9.86. The van der Waals surface area contributed by atoms with Gasteiger partial charge in [0.05, 0.1) is 17.7 Å². The van der Waals surface area contributed by atoms with Crippen molar-refractivity contribution in [2.75, 3.05) is 0 Å². The third kappa shape index (κ3) is 3.33. The fourth-order valence-corrected chi connectivity index (χ4v) is 2.83. The molecule has 6 heteroatoms. The Kier molecular flexibility index (Phi) is 4.45. The van der Waals surface area contributed by atoms with Crippen LogP contribution in [0.15, 0.2) is 48.5 Å². The van der Waals surface area contributed by atoms with Crippen molar-refractivity contribution in [2.24, 2.45) is 0 Å². The lowest BCUT2D eigenvalue weighted by Crippen LogP contribution is -2.55. The van der Waals surface area contributed by atoms with Gasteiger partial charge >= 0.3 is 0 Å². The summed E-state index contributed by atoms with van der Waals surface area (Å²) in [5, 5.41) is 19.8. The molecule has 128 valence electrons. The van der Waals surface area contributed by atoms with Crippen LogP contribution in [0.3, 0.4) is 0 Å². The van der Waals surface area contributed by atoms with Crippen molar-refractivity contribution in [1.82, 2.24) is 10.9 Å². The first-order chi connectivity index (χ1) is 11.9. The summed E-state index contributed by atoms with van der Waals surface area (Å²) in [5.41, 5.74) is 6.25. The number of ether oxygens (including phenoxy) is 1. The van der Waals surface area contributed by atoms with E-state index in [2.05, 4.69) is 16.9 Å². The molecule has 0 saturated heterocycles. The Labute approximate surface area is 146 Å². The second-order valence-electron chi connectivity index (χ2n) is 6.46. The molecular weight excluding hydrogens is 318 g/mol. The molecule has 3 N–H and O–H groups in total. The molecule has 0 bridgehead atoms. The molecule has 2 aromatic carbocycles. The third-order valence-corrected chi connectivity index (χ3v) is 4.25. The SMILES string of the molecule is CC1(C)Oc2ccc(C#N)cc2C(NNC(=O)c2ccccc2)C1O. The van der Waals surface area contributed by atoms with Crippen LogP contribution in [0.2, 0.25) is 0 Å². The van der Waals surface area contributed by atoms with E-state index in [0.717, 1.165) is 0 Å². The first-order valence-electron chi connectivity index (χ1n) is 7.94. The topological polar surface area (TPSA) is 94.4 Å². The number of hydrogen-bond acceptors (Lipinski definition) is 5. The van der Waals surface area contributed by atoms with Crippen LogP contribution in [0, 0.1) is 11.3 Å². The van der Waals surface area contributed by atoms with E-state index in [1.165, 1.54) is 0 Å². The third-order valence-electron chi connectivity index (χ3n) is 4.25. The fourth-order valence-electron chi connectivity index (χ4n) is 2.83. The summed E-state index contributed by atoms with van der Waals surface area (Å²) < 4.78 is 5.84. The van der Waals surface area contributed by atoms with Crippen LogP contribution in [0.1, 0.15) is 41.4 Å². The molecule has 2 aromatic rings. The quantitative estimate of drug-likeness (QED) is 0.745. The Morgan fingerprint density at radius 3 is 2.64 bits per heavy atom. The molecule has 3 rings (SSSR count). The highest BCUT2D eigenvalue weighted by atomic mass is 16.5. The number of amides is 1. The van der Waals surface area contributed by atoms with Gasteiger partial charge in [0.1, 0.15) is 17.5 Å². The lowest BCUT2D eigenvalue weighted by molar-refractivity contribution is -0.0665. The summed E-state index contributed by atoms with van der Waals surface area (Å²) in [7, 11) is 0. The van der Waals surface area contributed by atoms with Gasteiger partial charge in [-0.05, 0) is 44.2 Å². The van der Waals surface area contributed by atoms with Gasteiger partial charge in [-0.15, -0.1) is 0 Å². The number of aliphatic hydroxyl groups is 1. The number of nitrogens with one attached hydrogen (secondary N) is 2. The Bertz CT molecular complexity index is 828. The molecular formula is C19H19N3O3. The van der Waals surface area contributed by atoms with Gasteiger partial charge in [0, 0.05) is 11.1 Å². The van der Waals surface area contributed by atoms with Gasteiger partial charge in [0.25, 0.3) is 5.91 Å². The summed E-state index contributed by atoms with van der Waals surface area (Å²) in [4.78, 5) is 12.3. The van der Waals surface area contributed by atoms with Crippen LogP contribution in [-0.4, -0.2) is 22.7 Å². The van der Waals surface area contributed by atoms with Gasteiger partial charge in [0.15, 0.2) is 0 Å². The Morgan fingerprint density at radius 2 is 1.96 bits per heavy atom. The number of nitriles is 1. The molecule has 2 unspecified atom stereocenters. The van der Waals surface area contributed by atoms with Crippen molar-refractivity contribution in [3.63, 3.8) is 0 Å². The van der Waals surface area contributed by atoms with Crippen LogP contribution in [-0.2, 0) is 0 Å². The van der Waals surface area contributed by atoms with Crippen LogP contribution in [0.5, 0.6) is 5.75 Å². The number of fused-ring (bicyclic) bond motifs is 1. The average molecular weight is 337 g/mol. The largest absolute Gasteiger partial charge is 0.485 e. The van der Waals surface area contributed by atoms with Gasteiger partial charge < -0.3 is 9.84 Å². The maximum absolute atomic E-state index is 12.3. The van der Waals surface area contributed by atoms with E-state index < -0.39 is 17.7 Å². The molecule has 0 saturated carbocycles. The first-order valence-corrected chi connectivity index (χ1v) is 7.94.